The lowest BCUT2D eigenvalue weighted by molar-refractivity contribution is -0.355. The number of benzene rings is 1. The highest BCUT2D eigenvalue weighted by atomic mass is 16.7. The smallest absolute Gasteiger partial charge is 0.338 e. The maximum absolute atomic E-state index is 14.0. The van der Waals surface area contributed by atoms with E-state index < -0.39 is 86.0 Å². The molecule has 1 aromatic carbocycles. The second-order valence-corrected chi connectivity index (χ2v) is 13.8. The van der Waals surface area contributed by atoms with E-state index in [4.69, 9.17) is 23.7 Å². The van der Waals surface area contributed by atoms with Gasteiger partial charge in [0.25, 0.3) is 0 Å². The van der Waals surface area contributed by atoms with Crippen molar-refractivity contribution < 1.29 is 63.9 Å². The zero-order valence-corrected chi connectivity index (χ0v) is 28.5. The topological polar surface area (TPSA) is 202 Å². The van der Waals surface area contributed by atoms with E-state index in [2.05, 4.69) is 6.92 Å². The van der Waals surface area contributed by atoms with Crippen LogP contribution in [0.2, 0.25) is 0 Å². The van der Waals surface area contributed by atoms with E-state index in [0.717, 1.165) is 64.2 Å². The molecular formula is C36H56O13. The predicted octanol–water partition coefficient (Wildman–Crippen LogP) is 2.50. The Labute approximate surface area is 288 Å². The fourth-order valence-electron chi connectivity index (χ4n) is 7.15. The van der Waals surface area contributed by atoms with Crippen molar-refractivity contribution in [1.82, 2.24) is 0 Å². The molecule has 1 aromatic rings. The lowest BCUT2D eigenvalue weighted by Crippen LogP contribution is -2.65. The Morgan fingerprint density at radius 2 is 1.41 bits per heavy atom. The molecule has 13 nitrogen and oxygen atoms in total. The van der Waals surface area contributed by atoms with Gasteiger partial charge in [-0.15, -0.1) is 0 Å². The van der Waals surface area contributed by atoms with E-state index in [1.807, 2.05) is 0 Å². The summed E-state index contributed by atoms with van der Waals surface area (Å²) in [4.78, 5) is 27.1. The number of esters is 2. The van der Waals surface area contributed by atoms with Crippen LogP contribution in [0.1, 0.15) is 107 Å². The molecule has 13 heteroatoms. The van der Waals surface area contributed by atoms with Crippen LogP contribution in [-0.4, -0.2) is 117 Å². The van der Waals surface area contributed by atoms with E-state index >= 15 is 0 Å². The minimum atomic E-state index is -1.85. The Bertz CT molecular complexity index is 1130. The first kappa shape index (κ1) is 39.6. The fraction of sp³-hybridized carbons (Fsp3) is 0.778. The summed E-state index contributed by atoms with van der Waals surface area (Å²) in [5.41, 5.74) is -0.495. The van der Waals surface area contributed by atoms with Crippen molar-refractivity contribution in [3.05, 3.63) is 35.9 Å². The highest BCUT2D eigenvalue weighted by Gasteiger charge is 2.52. The SMILES string of the molecule is CCCCCCCCC1(C(=O)OC[C@H]2O[C@@H](O[C@H]3[C@H](O)[C@@H](O)[C@H](O)O[C@@H]3CO)[C@H](O)[C@@H](O)[C@@H]2OC(=O)c2ccccc2)CCCCCCC1. The van der Waals surface area contributed by atoms with Gasteiger partial charge in [0.1, 0.15) is 49.3 Å². The monoisotopic (exact) mass is 696 g/mol. The second-order valence-electron chi connectivity index (χ2n) is 13.8. The summed E-state index contributed by atoms with van der Waals surface area (Å²) in [7, 11) is 0. The van der Waals surface area contributed by atoms with Crippen molar-refractivity contribution in [2.24, 2.45) is 5.41 Å². The van der Waals surface area contributed by atoms with Crippen molar-refractivity contribution in [3.8, 4) is 0 Å². The van der Waals surface area contributed by atoms with Crippen LogP contribution in [-0.2, 0) is 28.5 Å². The van der Waals surface area contributed by atoms with Gasteiger partial charge >= 0.3 is 11.9 Å². The quantitative estimate of drug-likeness (QED) is 0.116. The third-order valence-electron chi connectivity index (χ3n) is 10.2. The maximum Gasteiger partial charge on any atom is 0.338 e. The van der Waals surface area contributed by atoms with E-state index in [-0.39, 0.29) is 11.5 Å². The molecule has 1 saturated carbocycles. The number of rotatable bonds is 15. The number of carbonyl (C=O) groups excluding carboxylic acids is 2. The van der Waals surface area contributed by atoms with Gasteiger partial charge in [0.05, 0.1) is 17.6 Å². The van der Waals surface area contributed by atoms with E-state index in [0.29, 0.717) is 19.3 Å². The summed E-state index contributed by atoms with van der Waals surface area (Å²) >= 11 is 0. The van der Waals surface area contributed by atoms with Crippen molar-refractivity contribution >= 4 is 11.9 Å². The molecule has 6 N–H and O–H groups in total. The van der Waals surface area contributed by atoms with Gasteiger partial charge in [-0.2, -0.15) is 0 Å². The van der Waals surface area contributed by atoms with Crippen molar-refractivity contribution in [2.45, 2.75) is 158 Å². The largest absolute Gasteiger partial charge is 0.462 e. The van der Waals surface area contributed by atoms with Gasteiger partial charge < -0.3 is 54.3 Å². The van der Waals surface area contributed by atoms with Gasteiger partial charge in [-0.05, 0) is 31.4 Å². The van der Waals surface area contributed by atoms with Gasteiger partial charge in [0, 0.05) is 0 Å². The third-order valence-corrected chi connectivity index (χ3v) is 10.2. The first-order valence-electron chi connectivity index (χ1n) is 18.0. The molecule has 3 aliphatic rings. The average Bonchev–Trinajstić information content (AvgIpc) is 3.09. The lowest BCUT2D eigenvalue weighted by atomic mass is 9.72. The van der Waals surface area contributed by atoms with Gasteiger partial charge in [0.2, 0.25) is 0 Å². The molecule has 0 bridgehead atoms. The molecule has 3 fully saturated rings. The molecule has 2 aliphatic heterocycles. The Balaban J connectivity index is 1.53. The molecule has 0 spiro atoms. The highest BCUT2D eigenvalue weighted by molar-refractivity contribution is 5.89. The van der Waals surface area contributed by atoms with E-state index in [1.54, 1.807) is 18.2 Å². The molecule has 0 radical (unpaired) electrons. The molecule has 0 unspecified atom stereocenters. The van der Waals surface area contributed by atoms with Crippen LogP contribution >= 0.6 is 0 Å². The summed E-state index contributed by atoms with van der Waals surface area (Å²) in [6.07, 6.45) is -2.72. The summed E-state index contributed by atoms with van der Waals surface area (Å²) in [5.74, 6) is -1.18. The van der Waals surface area contributed by atoms with Crippen LogP contribution in [0, 0.1) is 5.41 Å². The fourth-order valence-corrected chi connectivity index (χ4v) is 7.15. The van der Waals surface area contributed by atoms with Crippen LogP contribution in [0.4, 0.5) is 0 Å². The first-order valence-corrected chi connectivity index (χ1v) is 18.0. The first-order chi connectivity index (χ1) is 23.6. The maximum atomic E-state index is 14.0. The van der Waals surface area contributed by atoms with Crippen LogP contribution in [0.3, 0.4) is 0 Å². The zero-order valence-electron chi connectivity index (χ0n) is 28.5. The second kappa shape index (κ2) is 19.4. The third kappa shape index (κ3) is 10.4. The van der Waals surface area contributed by atoms with Crippen molar-refractivity contribution in [3.63, 3.8) is 0 Å². The van der Waals surface area contributed by atoms with Crippen LogP contribution < -0.4 is 0 Å². The minimum Gasteiger partial charge on any atom is -0.462 e. The minimum absolute atomic E-state index is 0.187. The molecule has 0 amide bonds. The molecule has 10 atom stereocenters. The molecule has 2 heterocycles. The van der Waals surface area contributed by atoms with Gasteiger partial charge in [-0.3, -0.25) is 4.79 Å². The lowest BCUT2D eigenvalue weighted by Gasteiger charge is -2.46. The van der Waals surface area contributed by atoms with Crippen LogP contribution in [0.5, 0.6) is 0 Å². The molecular weight excluding hydrogens is 640 g/mol. The van der Waals surface area contributed by atoms with Crippen molar-refractivity contribution in [2.75, 3.05) is 13.2 Å². The summed E-state index contributed by atoms with van der Waals surface area (Å²) in [6.45, 7) is 1.00. The number of hydrogen-bond donors (Lipinski definition) is 6. The Morgan fingerprint density at radius 3 is 2.08 bits per heavy atom. The van der Waals surface area contributed by atoms with Gasteiger partial charge in [-0.1, -0.05) is 95.8 Å². The van der Waals surface area contributed by atoms with Gasteiger partial charge in [-0.25, -0.2) is 4.79 Å². The molecule has 2 saturated heterocycles. The number of aliphatic hydroxyl groups is 6. The molecule has 49 heavy (non-hydrogen) atoms. The molecule has 1 aliphatic carbocycles. The van der Waals surface area contributed by atoms with E-state index in [9.17, 15) is 40.2 Å². The Kier molecular flexibility index (Phi) is 15.7. The number of hydrogen-bond acceptors (Lipinski definition) is 13. The molecule has 0 aromatic heterocycles. The van der Waals surface area contributed by atoms with Crippen molar-refractivity contribution in [1.29, 1.82) is 0 Å². The summed E-state index contributed by atoms with van der Waals surface area (Å²) < 4.78 is 28.5. The van der Waals surface area contributed by atoms with E-state index in [1.165, 1.54) is 18.6 Å². The zero-order chi connectivity index (χ0) is 35.4. The molecule has 4 rings (SSSR count). The number of aliphatic hydroxyl groups excluding tert-OH is 6. The average molecular weight is 697 g/mol. The summed E-state index contributed by atoms with van der Waals surface area (Å²) in [5, 5.41) is 62.8. The molecule has 278 valence electrons. The number of carbonyl (C=O) groups is 2. The number of unbranched alkanes of at least 4 members (excludes halogenated alkanes) is 5. The van der Waals surface area contributed by atoms with Gasteiger partial charge in [0.15, 0.2) is 18.7 Å². The number of ether oxygens (including phenoxy) is 5. The highest BCUT2D eigenvalue weighted by Crippen LogP contribution is 2.41. The predicted molar refractivity (Wildman–Crippen MR) is 175 cm³/mol. The van der Waals surface area contributed by atoms with Crippen LogP contribution in [0.25, 0.3) is 0 Å². The Morgan fingerprint density at radius 1 is 0.776 bits per heavy atom. The van der Waals surface area contributed by atoms with Crippen LogP contribution in [0.15, 0.2) is 30.3 Å². The Hall–Kier alpha value is -2.20. The standard InChI is InChI=1S/C36H56O13/c1-2-3-4-5-7-13-18-36(19-14-8-6-9-15-20-36)35(44)45-22-25-31(48-32(42)23-16-11-10-12-17-23)27(39)29(41)34(47-25)49-30-24(21-37)46-33(43)28(40)26(30)38/h10-12,16-17,24-31,33-34,37-41,43H,2-9,13-15,18-22H2,1H3/t24-,25-,26-,27-,28-,29-,30-,31-,33-,34+/m1/s1. The normalized spacial score (nSPS) is 33.6. The summed E-state index contributed by atoms with van der Waals surface area (Å²) in [6, 6.07) is 8.05.